The van der Waals surface area contributed by atoms with Crippen LogP contribution in [-0.2, 0) is 15.8 Å². The summed E-state index contributed by atoms with van der Waals surface area (Å²) < 4.78 is 27.6. The van der Waals surface area contributed by atoms with Gasteiger partial charge in [0, 0.05) is 39.9 Å². The van der Waals surface area contributed by atoms with Crippen LogP contribution in [0.25, 0.3) is 0 Å². The van der Waals surface area contributed by atoms with Gasteiger partial charge in [-0.2, -0.15) is 4.31 Å². The van der Waals surface area contributed by atoms with E-state index >= 15 is 0 Å². The third kappa shape index (κ3) is 7.35. The Morgan fingerprint density at radius 3 is 2.08 bits per heavy atom. The lowest BCUT2D eigenvalue weighted by Gasteiger charge is -2.20. The van der Waals surface area contributed by atoms with Gasteiger partial charge in [0.05, 0.1) is 4.90 Å². The summed E-state index contributed by atoms with van der Waals surface area (Å²) >= 11 is 7.57. The molecule has 10 heteroatoms. The van der Waals surface area contributed by atoms with E-state index in [1.54, 1.807) is 23.9 Å². The van der Waals surface area contributed by atoms with E-state index in [1.807, 2.05) is 36.4 Å². The summed E-state index contributed by atoms with van der Waals surface area (Å²) in [5, 5.41) is 0.692. The van der Waals surface area contributed by atoms with Gasteiger partial charge in [-0.25, -0.2) is 8.42 Å². The Labute approximate surface area is 226 Å². The van der Waals surface area contributed by atoms with Crippen LogP contribution in [0.3, 0.4) is 0 Å². The van der Waals surface area contributed by atoms with E-state index in [0.29, 0.717) is 23.7 Å². The molecule has 2 N–H and O–H groups in total. The third-order valence-corrected chi connectivity index (χ3v) is 9.25. The number of nitrogens with one attached hydrogen (secondary N) is 2. The molecule has 0 atom stereocenters. The third-order valence-electron chi connectivity index (χ3n) is 6.02. The van der Waals surface area contributed by atoms with Crippen LogP contribution >= 0.6 is 23.4 Å². The smallest absolute Gasteiger partial charge is 0.267 e. The molecular formula is C27H28ClN3O4S2. The average molecular weight is 558 g/mol. The number of thioether (sulfide) groups is 1. The first-order valence-corrected chi connectivity index (χ1v) is 14.8. The molecular weight excluding hydrogens is 530 g/mol. The van der Waals surface area contributed by atoms with Crippen molar-refractivity contribution in [3.63, 3.8) is 0 Å². The maximum Gasteiger partial charge on any atom is 0.269 e. The summed E-state index contributed by atoms with van der Waals surface area (Å²) in [6.07, 6.45) is 3.68. The molecule has 0 spiro atoms. The van der Waals surface area contributed by atoms with Crippen molar-refractivity contribution in [2.45, 2.75) is 41.2 Å². The summed E-state index contributed by atoms with van der Waals surface area (Å²) in [5.41, 5.74) is 6.34. The minimum atomic E-state index is -3.69. The highest BCUT2D eigenvalue weighted by Gasteiger charge is 2.25. The van der Waals surface area contributed by atoms with Crippen molar-refractivity contribution in [3.05, 3.63) is 94.5 Å². The van der Waals surface area contributed by atoms with Gasteiger partial charge in [0.1, 0.15) is 0 Å². The molecule has 0 saturated carbocycles. The van der Waals surface area contributed by atoms with Crippen LogP contribution in [-0.4, -0.2) is 37.6 Å². The number of rotatable bonds is 7. The zero-order valence-electron chi connectivity index (χ0n) is 20.2. The zero-order chi connectivity index (χ0) is 26.3. The van der Waals surface area contributed by atoms with E-state index in [1.165, 1.54) is 28.6 Å². The standard InChI is InChI=1S/C27H28ClN3O4S2/c28-23-12-14-24(15-13-23)36-19-20-8-10-21(11-9-20)26(32)29-30-27(33)22-6-5-7-25(18-22)37(34,35)31-16-3-1-2-4-17-31/h5-15,18H,1-4,16-17,19H2,(H,29,32)(H,30,33). The summed E-state index contributed by atoms with van der Waals surface area (Å²) in [6.45, 7) is 0.959. The number of hydrazine groups is 1. The Bertz CT molecular complexity index is 1340. The molecule has 2 amide bonds. The monoisotopic (exact) mass is 557 g/mol. The minimum absolute atomic E-state index is 0.0698. The molecule has 37 heavy (non-hydrogen) atoms. The van der Waals surface area contributed by atoms with Crippen LogP contribution in [0, 0.1) is 0 Å². The van der Waals surface area contributed by atoms with Gasteiger partial charge in [-0.1, -0.05) is 42.6 Å². The number of hydrogen-bond acceptors (Lipinski definition) is 5. The molecule has 7 nitrogen and oxygen atoms in total. The molecule has 1 fully saturated rings. The number of hydrogen-bond donors (Lipinski definition) is 2. The highest BCUT2D eigenvalue weighted by Crippen LogP contribution is 2.24. The molecule has 1 aliphatic heterocycles. The molecule has 0 aromatic heterocycles. The van der Waals surface area contributed by atoms with Crippen molar-refractivity contribution in [3.8, 4) is 0 Å². The quantitative estimate of drug-likeness (QED) is 0.305. The Balaban J connectivity index is 1.32. The van der Waals surface area contributed by atoms with E-state index in [-0.39, 0.29) is 10.5 Å². The van der Waals surface area contributed by atoms with Crippen LogP contribution in [0.2, 0.25) is 5.02 Å². The molecule has 3 aromatic carbocycles. The highest BCUT2D eigenvalue weighted by atomic mass is 35.5. The lowest BCUT2D eigenvalue weighted by atomic mass is 10.1. The number of amides is 2. The van der Waals surface area contributed by atoms with Gasteiger partial charge in [-0.15, -0.1) is 11.8 Å². The van der Waals surface area contributed by atoms with E-state index < -0.39 is 21.8 Å². The summed E-state index contributed by atoms with van der Waals surface area (Å²) in [4.78, 5) is 26.3. The topological polar surface area (TPSA) is 95.6 Å². The van der Waals surface area contributed by atoms with Gasteiger partial charge >= 0.3 is 0 Å². The van der Waals surface area contributed by atoms with Crippen LogP contribution in [0.4, 0.5) is 0 Å². The van der Waals surface area contributed by atoms with Crippen LogP contribution in [0.5, 0.6) is 0 Å². The summed E-state index contributed by atoms with van der Waals surface area (Å²) in [5.74, 6) is -0.340. The van der Waals surface area contributed by atoms with Gasteiger partial charge < -0.3 is 0 Å². The van der Waals surface area contributed by atoms with Gasteiger partial charge in [0.15, 0.2) is 0 Å². The predicted octanol–water partition coefficient (Wildman–Crippen LogP) is 5.27. The van der Waals surface area contributed by atoms with Crippen LogP contribution in [0.1, 0.15) is 52.0 Å². The Morgan fingerprint density at radius 1 is 0.811 bits per heavy atom. The van der Waals surface area contributed by atoms with Gasteiger partial charge in [-0.05, 0) is 73.0 Å². The van der Waals surface area contributed by atoms with E-state index in [4.69, 9.17) is 11.6 Å². The first kappa shape index (κ1) is 27.2. The van der Waals surface area contributed by atoms with Crippen molar-refractivity contribution >= 4 is 45.2 Å². The van der Waals surface area contributed by atoms with Crippen molar-refractivity contribution < 1.29 is 18.0 Å². The van der Waals surface area contributed by atoms with Crippen molar-refractivity contribution in [1.82, 2.24) is 15.2 Å². The van der Waals surface area contributed by atoms with Crippen molar-refractivity contribution in [2.75, 3.05) is 13.1 Å². The predicted molar refractivity (Wildman–Crippen MR) is 146 cm³/mol. The molecule has 1 heterocycles. The van der Waals surface area contributed by atoms with Crippen LogP contribution in [0.15, 0.2) is 82.6 Å². The number of carbonyl (C=O) groups is 2. The van der Waals surface area contributed by atoms with Gasteiger partial charge in [0.25, 0.3) is 11.8 Å². The van der Waals surface area contributed by atoms with Crippen molar-refractivity contribution in [2.24, 2.45) is 0 Å². The van der Waals surface area contributed by atoms with Gasteiger partial charge in [0.2, 0.25) is 10.0 Å². The Morgan fingerprint density at radius 2 is 1.43 bits per heavy atom. The second-order valence-corrected chi connectivity index (χ2v) is 12.1. The number of sulfonamides is 1. The fraction of sp³-hybridized carbons (Fsp3) is 0.259. The number of halogens is 1. The lowest BCUT2D eigenvalue weighted by Crippen LogP contribution is -2.41. The molecule has 0 bridgehead atoms. The molecule has 3 aromatic rings. The van der Waals surface area contributed by atoms with Gasteiger partial charge in [-0.3, -0.25) is 20.4 Å². The molecule has 0 radical (unpaired) electrons. The molecule has 4 rings (SSSR count). The maximum atomic E-state index is 13.1. The maximum absolute atomic E-state index is 13.1. The normalized spacial score (nSPS) is 14.5. The molecule has 0 aliphatic carbocycles. The van der Waals surface area contributed by atoms with E-state index in [9.17, 15) is 18.0 Å². The van der Waals surface area contributed by atoms with E-state index in [0.717, 1.165) is 41.9 Å². The highest BCUT2D eigenvalue weighted by molar-refractivity contribution is 7.98. The number of benzene rings is 3. The number of carbonyl (C=O) groups excluding carboxylic acids is 2. The summed E-state index contributed by atoms with van der Waals surface area (Å²) in [7, 11) is -3.69. The first-order valence-electron chi connectivity index (χ1n) is 12.0. The SMILES string of the molecule is O=C(NNC(=O)c1cccc(S(=O)(=O)N2CCCCCC2)c1)c1ccc(CSc2ccc(Cl)cc2)cc1. The van der Waals surface area contributed by atoms with E-state index in [2.05, 4.69) is 10.9 Å². The molecule has 194 valence electrons. The van der Waals surface area contributed by atoms with Crippen LogP contribution < -0.4 is 10.9 Å². The largest absolute Gasteiger partial charge is 0.269 e. The first-order chi connectivity index (χ1) is 17.8. The van der Waals surface area contributed by atoms with Crippen molar-refractivity contribution in [1.29, 1.82) is 0 Å². The Hall–Kier alpha value is -2.85. The summed E-state index contributed by atoms with van der Waals surface area (Å²) in [6, 6.07) is 20.6. The number of nitrogens with zero attached hydrogens (tertiary/aromatic N) is 1. The fourth-order valence-corrected chi connectivity index (χ4v) is 6.48. The fourth-order valence-electron chi connectivity index (χ4n) is 3.94. The Kier molecular flexibility index (Phi) is 9.26. The molecule has 0 unspecified atom stereocenters. The minimum Gasteiger partial charge on any atom is -0.267 e. The lowest BCUT2D eigenvalue weighted by molar-refractivity contribution is 0.0846. The molecule has 1 saturated heterocycles. The second kappa shape index (κ2) is 12.6. The zero-order valence-corrected chi connectivity index (χ0v) is 22.5. The average Bonchev–Trinajstić information content (AvgIpc) is 3.22. The second-order valence-electron chi connectivity index (χ2n) is 8.69. The molecule has 1 aliphatic rings.